The van der Waals surface area contributed by atoms with Crippen LogP contribution >= 0.6 is 0 Å². The van der Waals surface area contributed by atoms with E-state index in [2.05, 4.69) is 35.9 Å². The first-order chi connectivity index (χ1) is 8.88. The lowest BCUT2D eigenvalue weighted by Crippen LogP contribution is -2.37. The molecule has 0 bridgehead atoms. The smallest absolute Gasteiger partial charge is 0.0358 e. The largest absolute Gasteiger partial charge is 0.316 e. The van der Waals surface area contributed by atoms with Crippen LogP contribution in [0.2, 0.25) is 0 Å². The number of rotatable bonds is 3. The van der Waals surface area contributed by atoms with Crippen molar-refractivity contribution in [3.05, 3.63) is 34.9 Å². The van der Waals surface area contributed by atoms with E-state index in [0.29, 0.717) is 6.04 Å². The normalized spacial score (nSPS) is 24.8. The van der Waals surface area contributed by atoms with Gasteiger partial charge < -0.3 is 10.6 Å². The average Bonchev–Trinajstić information content (AvgIpc) is 2.88. The van der Waals surface area contributed by atoms with Gasteiger partial charge in [-0.05, 0) is 74.8 Å². The van der Waals surface area contributed by atoms with E-state index in [0.717, 1.165) is 12.5 Å². The van der Waals surface area contributed by atoms with E-state index >= 15 is 0 Å². The highest BCUT2D eigenvalue weighted by Crippen LogP contribution is 2.30. The van der Waals surface area contributed by atoms with Crippen LogP contribution in [0.3, 0.4) is 0 Å². The van der Waals surface area contributed by atoms with Crippen molar-refractivity contribution < 1.29 is 0 Å². The molecule has 1 fully saturated rings. The molecular weight excluding hydrogens is 220 g/mol. The second kappa shape index (κ2) is 5.41. The SMILES string of the molecule is CNC(c1ccc2c(c1)CCC2)C1CCCNC1. The second-order valence-corrected chi connectivity index (χ2v) is 5.75. The molecule has 1 aliphatic carbocycles. The van der Waals surface area contributed by atoms with Crippen molar-refractivity contribution in [2.24, 2.45) is 5.92 Å². The van der Waals surface area contributed by atoms with E-state index in [-0.39, 0.29) is 0 Å². The number of hydrogen-bond acceptors (Lipinski definition) is 2. The van der Waals surface area contributed by atoms with Crippen molar-refractivity contribution >= 4 is 0 Å². The van der Waals surface area contributed by atoms with Crippen LogP contribution in [0.4, 0.5) is 0 Å². The van der Waals surface area contributed by atoms with Gasteiger partial charge in [0.05, 0.1) is 0 Å². The van der Waals surface area contributed by atoms with E-state index in [1.54, 1.807) is 11.1 Å². The number of benzene rings is 1. The first-order valence-corrected chi connectivity index (χ1v) is 7.38. The van der Waals surface area contributed by atoms with Crippen molar-refractivity contribution in [2.75, 3.05) is 20.1 Å². The molecule has 2 nitrogen and oxygen atoms in total. The molecule has 18 heavy (non-hydrogen) atoms. The van der Waals surface area contributed by atoms with Crippen LogP contribution in [-0.4, -0.2) is 20.1 Å². The Morgan fingerprint density at radius 1 is 1.22 bits per heavy atom. The van der Waals surface area contributed by atoms with Crippen molar-refractivity contribution in [1.29, 1.82) is 0 Å². The van der Waals surface area contributed by atoms with Gasteiger partial charge in [0, 0.05) is 6.04 Å². The lowest BCUT2D eigenvalue weighted by molar-refractivity contribution is 0.298. The summed E-state index contributed by atoms with van der Waals surface area (Å²) in [6.07, 6.45) is 6.56. The Morgan fingerprint density at radius 3 is 2.89 bits per heavy atom. The van der Waals surface area contributed by atoms with Crippen LogP contribution in [0.1, 0.15) is 42.0 Å². The summed E-state index contributed by atoms with van der Waals surface area (Å²) in [6.45, 7) is 2.35. The quantitative estimate of drug-likeness (QED) is 0.853. The summed E-state index contributed by atoms with van der Waals surface area (Å²) >= 11 is 0. The van der Waals surface area contributed by atoms with Crippen LogP contribution in [0.15, 0.2) is 18.2 Å². The van der Waals surface area contributed by atoms with Gasteiger partial charge >= 0.3 is 0 Å². The molecule has 2 atom stereocenters. The molecule has 1 aromatic rings. The summed E-state index contributed by atoms with van der Waals surface area (Å²) in [5.74, 6) is 0.739. The van der Waals surface area contributed by atoms with Crippen molar-refractivity contribution in [1.82, 2.24) is 10.6 Å². The standard InChI is InChI=1S/C16H24N2/c1-17-16(15-6-3-9-18-11-15)14-8-7-12-4-2-5-13(12)10-14/h7-8,10,15-18H,2-6,9,11H2,1H3. The molecular formula is C16H24N2. The monoisotopic (exact) mass is 244 g/mol. The molecule has 0 radical (unpaired) electrons. The highest BCUT2D eigenvalue weighted by molar-refractivity contribution is 5.36. The fourth-order valence-electron chi connectivity index (χ4n) is 3.62. The molecule has 1 heterocycles. The van der Waals surface area contributed by atoms with Gasteiger partial charge in [0.25, 0.3) is 0 Å². The Kier molecular flexibility index (Phi) is 3.67. The second-order valence-electron chi connectivity index (χ2n) is 5.75. The number of nitrogens with one attached hydrogen (secondary N) is 2. The predicted molar refractivity (Wildman–Crippen MR) is 75.9 cm³/mol. The zero-order valence-electron chi connectivity index (χ0n) is 11.3. The Morgan fingerprint density at radius 2 is 2.11 bits per heavy atom. The van der Waals surface area contributed by atoms with Gasteiger partial charge in [-0.3, -0.25) is 0 Å². The van der Waals surface area contributed by atoms with Crippen molar-refractivity contribution in [2.45, 2.75) is 38.1 Å². The summed E-state index contributed by atoms with van der Waals surface area (Å²) in [4.78, 5) is 0. The van der Waals surface area contributed by atoms with Gasteiger partial charge in [0.15, 0.2) is 0 Å². The Labute approximate surface area is 110 Å². The van der Waals surface area contributed by atoms with Crippen LogP contribution in [0.25, 0.3) is 0 Å². The molecule has 1 aliphatic heterocycles. The number of aryl methyl sites for hydroxylation is 2. The fraction of sp³-hybridized carbons (Fsp3) is 0.625. The highest BCUT2D eigenvalue weighted by atomic mass is 14.9. The molecule has 1 saturated heterocycles. The van der Waals surface area contributed by atoms with Crippen LogP contribution < -0.4 is 10.6 Å². The maximum atomic E-state index is 3.54. The summed E-state index contributed by atoms with van der Waals surface area (Å²) in [5, 5.41) is 7.07. The van der Waals surface area contributed by atoms with E-state index in [9.17, 15) is 0 Å². The molecule has 0 spiro atoms. The molecule has 2 N–H and O–H groups in total. The van der Waals surface area contributed by atoms with Crippen LogP contribution in [-0.2, 0) is 12.8 Å². The van der Waals surface area contributed by atoms with Gasteiger partial charge in [-0.25, -0.2) is 0 Å². The minimum Gasteiger partial charge on any atom is -0.316 e. The molecule has 1 aromatic carbocycles. The van der Waals surface area contributed by atoms with Gasteiger partial charge in [-0.15, -0.1) is 0 Å². The molecule has 2 aliphatic rings. The fourth-order valence-corrected chi connectivity index (χ4v) is 3.62. The van der Waals surface area contributed by atoms with E-state index in [1.807, 2.05) is 0 Å². The van der Waals surface area contributed by atoms with Gasteiger partial charge in [-0.1, -0.05) is 18.2 Å². The highest BCUT2D eigenvalue weighted by Gasteiger charge is 2.24. The number of hydrogen-bond donors (Lipinski definition) is 2. The van der Waals surface area contributed by atoms with E-state index < -0.39 is 0 Å². The van der Waals surface area contributed by atoms with Crippen molar-refractivity contribution in [3.8, 4) is 0 Å². The molecule has 3 rings (SSSR count). The third-order valence-corrected chi connectivity index (χ3v) is 4.60. The van der Waals surface area contributed by atoms with E-state index in [4.69, 9.17) is 0 Å². The maximum Gasteiger partial charge on any atom is 0.0358 e. The molecule has 2 heteroatoms. The molecule has 0 saturated carbocycles. The van der Waals surface area contributed by atoms with Crippen molar-refractivity contribution in [3.63, 3.8) is 0 Å². The Balaban J connectivity index is 1.82. The third kappa shape index (κ3) is 2.32. The third-order valence-electron chi connectivity index (χ3n) is 4.60. The first-order valence-electron chi connectivity index (χ1n) is 7.38. The number of piperidine rings is 1. The lowest BCUT2D eigenvalue weighted by Gasteiger charge is -2.31. The summed E-state index contributed by atoms with van der Waals surface area (Å²) < 4.78 is 0. The summed E-state index contributed by atoms with van der Waals surface area (Å²) in [7, 11) is 2.10. The molecule has 0 amide bonds. The molecule has 98 valence electrons. The van der Waals surface area contributed by atoms with Crippen LogP contribution in [0.5, 0.6) is 0 Å². The van der Waals surface area contributed by atoms with Gasteiger partial charge in [0.1, 0.15) is 0 Å². The average molecular weight is 244 g/mol. The lowest BCUT2D eigenvalue weighted by atomic mass is 9.86. The number of fused-ring (bicyclic) bond motifs is 1. The summed E-state index contributed by atoms with van der Waals surface area (Å²) in [5.41, 5.74) is 4.67. The summed E-state index contributed by atoms with van der Waals surface area (Å²) in [6, 6.07) is 7.68. The Hall–Kier alpha value is -0.860. The minimum absolute atomic E-state index is 0.517. The molecule has 2 unspecified atom stereocenters. The maximum absolute atomic E-state index is 3.54. The zero-order chi connectivity index (χ0) is 12.4. The van der Waals surface area contributed by atoms with E-state index in [1.165, 1.54) is 44.2 Å². The van der Waals surface area contributed by atoms with Gasteiger partial charge in [0.2, 0.25) is 0 Å². The molecule has 0 aromatic heterocycles. The van der Waals surface area contributed by atoms with Crippen LogP contribution in [0, 0.1) is 5.92 Å². The predicted octanol–water partition coefficient (Wildman–Crippen LogP) is 2.44. The topological polar surface area (TPSA) is 24.1 Å². The zero-order valence-corrected chi connectivity index (χ0v) is 11.3. The Bertz CT molecular complexity index is 408. The minimum atomic E-state index is 0.517. The van der Waals surface area contributed by atoms with Gasteiger partial charge in [-0.2, -0.15) is 0 Å². The first kappa shape index (κ1) is 12.2.